The second-order valence-corrected chi connectivity index (χ2v) is 5.84. The second-order valence-electron chi connectivity index (χ2n) is 3.78. The van der Waals surface area contributed by atoms with Crippen LogP contribution in [0.5, 0.6) is 0 Å². The summed E-state index contributed by atoms with van der Waals surface area (Å²) in [6.07, 6.45) is 0. The third kappa shape index (κ3) is 3.35. The van der Waals surface area contributed by atoms with Gasteiger partial charge in [-0.1, -0.05) is 11.6 Å². The van der Waals surface area contributed by atoms with Crippen molar-refractivity contribution < 1.29 is 13.3 Å². The minimum Gasteiger partial charge on any atom is -0.268 e. The van der Waals surface area contributed by atoms with Gasteiger partial charge in [0.1, 0.15) is 4.90 Å². The number of anilines is 1. The van der Waals surface area contributed by atoms with Gasteiger partial charge in [-0.05, 0) is 12.1 Å². The van der Waals surface area contributed by atoms with Gasteiger partial charge < -0.3 is 0 Å². The second kappa shape index (κ2) is 5.50. The Hall–Kier alpha value is -2.46. The van der Waals surface area contributed by atoms with Crippen molar-refractivity contribution in [2.45, 2.75) is 4.90 Å². The molecule has 1 heterocycles. The highest BCUT2D eigenvalue weighted by atomic mass is 35.5. The Morgan fingerprint density at radius 1 is 1.29 bits per heavy atom. The summed E-state index contributed by atoms with van der Waals surface area (Å²) >= 11 is 5.76. The predicted octanol–water partition coefficient (Wildman–Crippen LogP) is 1.13. The SMILES string of the molecule is O=c1ccc(NS(=O)(=O)c2cc([N+](=O)[O-])ccc2Cl)n[nH]1. The molecule has 0 saturated heterocycles. The van der Waals surface area contributed by atoms with E-state index < -0.39 is 31.1 Å². The first-order chi connectivity index (χ1) is 9.79. The van der Waals surface area contributed by atoms with Crippen molar-refractivity contribution in [1.29, 1.82) is 0 Å². The van der Waals surface area contributed by atoms with E-state index in [4.69, 9.17) is 11.6 Å². The highest BCUT2D eigenvalue weighted by Crippen LogP contribution is 2.27. The molecule has 11 heteroatoms. The van der Waals surface area contributed by atoms with Gasteiger partial charge in [0, 0.05) is 18.2 Å². The van der Waals surface area contributed by atoms with Crippen LogP contribution in [0.25, 0.3) is 0 Å². The quantitative estimate of drug-likeness (QED) is 0.637. The molecule has 0 bridgehead atoms. The minimum atomic E-state index is -4.18. The zero-order chi connectivity index (χ0) is 15.6. The summed E-state index contributed by atoms with van der Waals surface area (Å²) in [5, 5.41) is 16.0. The maximum Gasteiger partial charge on any atom is 0.270 e. The van der Waals surface area contributed by atoms with E-state index in [1.807, 2.05) is 5.10 Å². The lowest BCUT2D eigenvalue weighted by Crippen LogP contribution is -2.17. The first-order valence-electron chi connectivity index (χ1n) is 5.32. The van der Waals surface area contributed by atoms with E-state index in [1.54, 1.807) is 0 Å². The van der Waals surface area contributed by atoms with Gasteiger partial charge >= 0.3 is 0 Å². The zero-order valence-corrected chi connectivity index (χ0v) is 11.7. The monoisotopic (exact) mass is 330 g/mol. The van der Waals surface area contributed by atoms with Crippen LogP contribution in [0.2, 0.25) is 5.02 Å². The minimum absolute atomic E-state index is 0.155. The normalized spacial score (nSPS) is 11.1. The number of nitro groups is 1. The number of rotatable bonds is 4. The maximum atomic E-state index is 12.1. The Balaban J connectivity index is 2.44. The summed E-state index contributed by atoms with van der Waals surface area (Å²) in [7, 11) is -4.18. The standard InChI is InChI=1S/C10H7ClN4O5S/c11-7-2-1-6(15(17)18)5-8(7)21(19,20)14-9-3-4-10(16)13-12-9/h1-5H,(H,12,14)(H,13,16). The highest BCUT2D eigenvalue weighted by molar-refractivity contribution is 7.92. The maximum absolute atomic E-state index is 12.1. The van der Waals surface area contributed by atoms with Crippen molar-refractivity contribution >= 4 is 33.1 Å². The number of nitrogens with zero attached hydrogens (tertiary/aromatic N) is 2. The molecule has 0 aliphatic heterocycles. The van der Waals surface area contributed by atoms with Crippen LogP contribution in [0.1, 0.15) is 0 Å². The van der Waals surface area contributed by atoms with Crippen molar-refractivity contribution in [3.05, 3.63) is 55.8 Å². The Morgan fingerprint density at radius 2 is 2.00 bits per heavy atom. The summed E-state index contributed by atoms with van der Waals surface area (Å²) in [6.45, 7) is 0. The van der Waals surface area contributed by atoms with Crippen LogP contribution < -0.4 is 10.3 Å². The van der Waals surface area contributed by atoms with Crippen LogP contribution in [0.4, 0.5) is 11.5 Å². The molecule has 9 nitrogen and oxygen atoms in total. The fourth-order valence-corrected chi connectivity index (χ4v) is 2.93. The first-order valence-corrected chi connectivity index (χ1v) is 7.18. The van der Waals surface area contributed by atoms with Gasteiger partial charge in [-0.2, -0.15) is 5.10 Å². The Kier molecular flexibility index (Phi) is 3.91. The van der Waals surface area contributed by atoms with E-state index in [0.29, 0.717) is 0 Å². The lowest BCUT2D eigenvalue weighted by Gasteiger charge is -2.08. The van der Waals surface area contributed by atoms with Gasteiger partial charge in [0.2, 0.25) is 0 Å². The van der Waals surface area contributed by atoms with Gasteiger partial charge in [-0.15, -0.1) is 0 Å². The molecule has 0 fully saturated rings. The number of nitro benzene ring substituents is 1. The molecule has 1 aromatic heterocycles. The summed E-state index contributed by atoms with van der Waals surface area (Å²) in [5.41, 5.74) is -0.930. The molecule has 0 aliphatic carbocycles. The van der Waals surface area contributed by atoms with E-state index >= 15 is 0 Å². The molecule has 0 spiro atoms. The van der Waals surface area contributed by atoms with Crippen molar-refractivity contribution in [2.24, 2.45) is 0 Å². The predicted molar refractivity (Wildman–Crippen MR) is 73.8 cm³/mol. The number of nitrogens with one attached hydrogen (secondary N) is 2. The lowest BCUT2D eigenvalue weighted by atomic mass is 10.3. The average molecular weight is 331 g/mol. The molecule has 110 valence electrons. The number of aromatic nitrogens is 2. The first kappa shape index (κ1) is 14.9. The zero-order valence-electron chi connectivity index (χ0n) is 10.1. The largest absolute Gasteiger partial charge is 0.270 e. The van der Waals surface area contributed by atoms with Crippen molar-refractivity contribution in [2.75, 3.05) is 4.72 Å². The van der Waals surface area contributed by atoms with E-state index in [2.05, 4.69) is 9.82 Å². The molecule has 2 N–H and O–H groups in total. The van der Waals surface area contributed by atoms with E-state index in [-0.39, 0.29) is 10.8 Å². The Morgan fingerprint density at radius 3 is 2.57 bits per heavy atom. The fraction of sp³-hybridized carbons (Fsp3) is 0. The fourth-order valence-electron chi connectivity index (χ4n) is 1.41. The third-order valence-corrected chi connectivity index (χ3v) is 4.17. The molecule has 0 aliphatic rings. The number of halogens is 1. The molecule has 2 aromatic rings. The van der Waals surface area contributed by atoms with Gasteiger partial charge in [-0.3, -0.25) is 19.6 Å². The summed E-state index contributed by atoms with van der Waals surface area (Å²) < 4.78 is 26.3. The number of H-pyrrole nitrogens is 1. The van der Waals surface area contributed by atoms with E-state index in [0.717, 1.165) is 30.3 Å². The molecule has 1 aromatic carbocycles. The van der Waals surface area contributed by atoms with Crippen molar-refractivity contribution in [3.63, 3.8) is 0 Å². The van der Waals surface area contributed by atoms with Crippen LogP contribution in [-0.4, -0.2) is 23.5 Å². The van der Waals surface area contributed by atoms with Crippen LogP contribution in [0, 0.1) is 10.1 Å². The average Bonchev–Trinajstić information content (AvgIpc) is 2.41. The van der Waals surface area contributed by atoms with E-state index in [1.165, 1.54) is 0 Å². The lowest BCUT2D eigenvalue weighted by molar-refractivity contribution is -0.385. The van der Waals surface area contributed by atoms with Gasteiger partial charge in [-0.25, -0.2) is 13.5 Å². The van der Waals surface area contributed by atoms with Crippen LogP contribution in [-0.2, 0) is 10.0 Å². The number of hydrogen-bond acceptors (Lipinski definition) is 6. The van der Waals surface area contributed by atoms with Crippen LogP contribution >= 0.6 is 11.6 Å². The third-order valence-electron chi connectivity index (χ3n) is 2.33. The Bertz CT molecular complexity index is 843. The van der Waals surface area contributed by atoms with Crippen molar-refractivity contribution in [3.8, 4) is 0 Å². The molecule has 0 radical (unpaired) electrons. The summed E-state index contributed by atoms with van der Waals surface area (Å²) in [6, 6.07) is 5.23. The topological polar surface area (TPSA) is 135 Å². The van der Waals surface area contributed by atoms with Crippen molar-refractivity contribution in [1.82, 2.24) is 10.2 Å². The number of sulfonamides is 1. The molecule has 0 amide bonds. The smallest absolute Gasteiger partial charge is 0.268 e. The van der Waals surface area contributed by atoms with Gasteiger partial charge in [0.05, 0.1) is 9.95 Å². The van der Waals surface area contributed by atoms with Gasteiger partial charge in [0.25, 0.3) is 21.3 Å². The number of benzene rings is 1. The summed E-state index contributed by atoms with van der Waals surface area (Å²) in [5.74, 6) is -0.155. The van der Waals surface area contributed by atoms with Crippen LogP contribution in [0.15, 0.2) is 40.0 Å². The molecular formula is C10H7ClN4O5S. The van der Waals surface area contributed by atoms with E-state index in [9.17, 15) is 23.3 Å². The van der Waals surface area contributed by atoms with Gasteiger partial charge in [0.15, 0.2) is 5.82 Å². The molecule has 0 saturated carbocycles. The molecular weight excluding hydrogens is 324 g/mol. The number of non-ortho nitro benzene ring substituents is 1. The Labute approximate surface area is 122 Å². The molecule has 2 rings (SSSR count). The molecule has 21 heavy (non-hydrogen) atoms. The number of aromatic amines is 1. The molecule has 0 atom stereocenters. The summed E-state index contributed by atoms with van der Waals surface area (Å²) in [4.78, 5) is 20.3. The van der Waals surface area contributed by atoms with Crippen LogP contribution in [0.3, 0.4) is 0 Å². The number of hydrogen-bond donors (Lipinski definition) is 2. The molecule has 0 unspecified atom stereocenters. The highest BCUT2D eigenvalue weighted by Gasteiger charge is 2.22.